The predicted molar refractivity (Wildman–Crippen MR) is 212 cm³/mol. The van der Waals surface area contributed by atoms with Crippen LogP contribution in [0.3, 0.4) is 0 Å². The molecule has 0 amide bonds. The predicted octanol–water partition coefficient (Wildman–Crippen LogP) is 11.5. The van der Waals surface area contributed by atoms with Gasteiger partial charge in [-0.2, -0.15) is 0 Å². The van der Waals surface area contributed by atoms with Gasteiger partial charge in [-0.05, 0) is 24.3 Å². The molecule has 0 aliphatic carbocycles. The number of para-hydroxylation sites is 1. The summed E-state index contributed by atoms with van der Waals surface area (Å²) in [5.41, 5.74) is 7.14. The molecule has 0 fully saturated rings. The Morgan fingerprint density at radius 1 is 0.490 bits per heavy atom. The second-order valence-corrected chi connectivity index (χ2v) is 14.6. The van der Waals surface area contributed by atoms with E-state index in [0.29, 0.717) is 17.5 Å². The molecule has 6 nitrogen and oxygen atoms in total. The van der Waals surface area contributed by atoms with Gasteiger partial charge in [0.05, 0.1) is 30.6 Å². The molecule has 0 aliphatic heterocycles. The lowest BCUT2D eigenvalue weighted by atomic mass is 10.0. The molecule has 0 saturated carbocycles. The van der Waals surface area contributed by atoms with Gasteiger partial charge in [0.25, 0.3) is 0 Å². The van der Waals surface area contributed by atoms with Crippen LogP contribution in [-0.4, -0.2) is 29.5 Å². The zero-order valence-corrected chi connectivity index (χ0v) is 28.5. The monoisotopic (exact) mass is 688 g/mol. The molecule has 0 saturated heterocycles. The van der Waals surface area contributed by atoms with Crippen LogP contribution in [0.25, 0.3) is 102 Å². The number of fused-ring (bicyclic) bond motifs is 12. The fourth-order valence-electron chi connectivity index (χ4n) is 7.40. The van der Waals surface area contributed by atoms with Crippen molar-refractivity contribution in [1.82, 2.24) is 29.5 Å². The molecular formula is C43H24N6S2. The van der Waals surface area contributed by atoms with Crippen LogP contribution in [0, 0.1) is 0 Å². The van der Waals surface area contributed by atoms with E-state index in [1.54, 1.807) is 17.7 Å². The second kappa shape index (κ2) is 11.1. The van der Waals surface area contributed by atoms with Gasteiger partial charge < -0.3 is 4.57 Å². The van der Waals surface area contributed by atoms with E-state index in [0.717, 1.165) is 38.1 Å². The highest BCUT2D eigenvalue weighted by Gasteiger charge is 2.25. The van der Waals surface area contributed by atoms with E-state index < -0.39 is 0 Å². The van der Waals surface area contributed by atoms with E-state index in [1.165, 1.54) is 46.5 Å². The van der Waals surface area contributed by atoms with E-state index in [9.17, 15) is 0 Å². The Kier molecular flexibility index (Phi) is 6.19. The van der Waals surface area contributed by atoms with Gasteiger partial charge in [0.2, 0.25) is 0 Å². The van der Waals surface area contributed by atoms with Gasteiger partial charge in [-0.25, -0.2) is 24.9 Å². The fraction of sp³-hybridized carbons (Fsp3) is 0. The smallest absolute Gasteiger partial charge is 0.164 e. The summed E-state index contributed by atoms with van der Waals surface area (Å²) in [5, 5.41) is 6.11. The summed E-state index contributed by atoms with van der Waals surface area (Å²) in [7, 11) is 0. The van der Waals surface area contributed by atoms with E-state index in [2.05, 4.69) is 82.3 Å². The molecule has 0 atom stereocenters. The van der Waals surface area contributed by atoms with Crippen molar-refractivity contribution in [3.63, 3.8) is 0 Å². The summed E-state index contributed by atoms with van der Waals surface area (Å²) in [5.74, 6) is 1.91. The van der Waals surface area contributed by atoms with Crippen LogP contribution in [-0.2, 0) is 0 Å². The van der Waals surface area contributed by atoms with Gasteiger partial charge in [0.15, 0.2) is 17.5 Å². The second-order valence-electron chi connectivity index (χ2n) is 12.5. The third-order valence-corrected chi connectivity index (χ3v) is 12.0. The number of thiophene rings is 2. The van der Waals surface area contributed by atoms with E-state index in [-0.39, 0.29) is 0 Å². The third-order valence-electron chi connectivity index (χ3n) is 9.58. The molecule has 5 heterocycles. The molecule has 0 spiro atoms. The zero-order chi connectivity index (χ0) is 33.5. The SMILES string of the molecule is c1ccc(-c2nc(-c3ccccc3)nc(-c3cccc(-n4c5ccccc5c5c6c7ncncc7sc6c6sc7ccccc7c6c54)c3)n2)cc1. The Morgan fingerprint density at radius 3 is 1.86 bits per heavy atom. The molecule has 238 valence electrons. The zero-order valence-electron chi connectivity index (χ0n) is 26.9. The maximum Gasteiger partial charge on any atom is 0.164 e. The van der Waals surface area contributed by atoms with Crippen molar-refractivity contribution in [3.05, 3.63) is 146 Å². The number of hydrogen-bond acceptors (Lipinski definition) is 7. The molecule has 6 aromatic carbocycles. The number of benzene rings is 6. The van der Waals surface area contributed by atoms with Gasteiger partial charge in [-0.3, -0.25) is 0 Å². The Balaban J connectivity index is 1.24. The lowest BCUT2D eigenvalue weighted by Gasteiger charge is -2.12. The van der Waals surface area contributed by atoms with Gasteiger partial charge >= 0.3 is 0 Å². The van der Waals surface area contributed by atoms with Crippen LogP contribution >= 0.6 is 22.7 Å². The van der Waals surface area contributed by atoms with Crippen molar-refractivity contribution in [2.24, 2.45) is 0 Å². The average Bonchev–Trinajstić information content (AvgIpc) is 3.88. The number of rotatable bonds is 4. The molecule has 5 aromatic heterocycles. The maximum atomic E-state index is 5.05. The first-order chi connectivity index (χ1) is 25.3. The topological polar surface area (TPSA) is 69.4 Å². The largest absolute Gasteiger partial charge is 0.309 e. The Hall–Kier alpha value is -6.35. The van der Waals surface area contributed by atoms with Crippen LogP contribution < -0.4 is 0 Å². The minimum absolute atomic E-state index is 0.624. The minimum Gasteiger partial charge on any atom is -0.309 e. The lowest BCUT2D eigenvalue weighted by molar-refractivity contribution is 1.07. The van der Waals surface area contributed by atoms with Gasteiger partial charge in [-0.15, -0.1) is 22.7 Å². The highest BCUT2D eigenvalue weighted by molar-refractivity contribution is 7.33. The first-order valence-electron chi connectivity index (χ1n) is 16.7. The number of nitrogens with zero attached hydrogens (tertiary/aromatic N) is 6. The van der Waals surface area contributed by atoms with Crippen molar-refractivity contribution in [2.45, 2.75) is 0 Å². The summed E-state index contributed by atoms with van der Waals surface area (Å²) in [6.07, 6.45) is 3.61. The first-order valence-corrected chi connectivity index (χ1v) is 18.3. The molecule has 11 aromatic rings. The number of aromatic nitrogens is 6. The molecule has 8 heteroatoms. The van der Waals surface area contributed by atoms with Crippen LogP contribution in [0.1, 0.15) is 0 Å². The van der Waals surface area contributed by atoms with Crippen molar-refractivity contribution in [1.29, 1.82) is 0 Å². The van der Waals surface area contributed by atoms with Gasteiger partial charge in [-0.1, -0.05) is 109 Å². The summed E-state index contributed by atoms with van der Waals surface area (Å²) in [6.45, 7) is 0. The highest BCUT2D eigenvalue weighted by Crippen LogP contribution is 2.51. The normalized spacial score (nSPS) is 11.9. The third kappa shape index (κ3) is 4.30. The lowest BCUT2D eigenvalue weighted by Crippen LogP contribution is -2.01. The summed E-state index contributed by atoms with van der Waals surface area (Å²) in [4.78, 5) is 24.3. The quantitative estimate of drug-likeness (QED) is 0.184. The van der Waals surface area contributed by atoms with Gasteiger partial charge in [0, 0.05) is 60.2 Å². The molecule has 0 bridgehead atoms. The van der Waals surface area contributed by atoms with E-state index >= 15 is 0 Å². The summed E-state index contributed by atoms with van der Waals surface area (Å²) in [6, 6.07) is 46.3. The van der Waals surface area contributed by atoms with Crippen LogP contribution in [0.5, 0.6) is 0 Å². The Bertz CT molecular complexity index is 3090. The van der Waals surface area contributed by atoms with E-state index in [1.807, 2.05) is 78.2 Å². The van der Waals surface area contributed by atoms with Crippen LogP contribution in [0.4, 0.5) is 0 Å². The first kappa shape index (κ1) is 28.5. The standard InChI is InChI=1S/C43H24N6S2/c1-3-12-25(13-4-1)41-46-42(26-14-5-2-6-15-26)48-43(47-41)27-16-11-17-28(22-27)49-31-20-9-7-18-29(31)34-36-37-33(23-44-24-45-37)51-40(36)39-35(38(34)49)30-19-8-10-21-32(30)50-39/h1-24H. The van der Waals surface area contributed by atoms with Crippen molar-refractivity contribution in [3.8, 4) is 39.9 Å². The Labute approximate surface area is 299 Å². The molecule has 0 unspecified atom stereocenters. The minimum atomic E-state index is 0.624. The molecule has 0 radical (unpaired) electrons. The molecule has 0 aliphatic rings. The summed E-state index contributed by atoms with van der Waals surface area (Å²) >= 11 is 3.64. The van der Waals surface area contributed by atoms with E-state index in [4.69, 9.17) is 19.9 Å². The fourth-order valence-corrected chi connectivity index (χ4v) is 9.88. The molecule has 51 heavy (non-hydrogen) atoms. The van der Waals surface area contributed by atoms with Crippen molar-refractivity contribution < 1.29 is 0 Å². The van der Waals surface area contributed by atoms with Crippen molar-refractivity contribution in [2.75, 3.05) is 0 Å². The average molecular weight is 689 g/mol. The molecule has 11 rings (SSSR count). The van der Waals surface area contributed by atoms with Crippen LogP contribution in [0.2, 0.25) is 0 Å². The van der Waals surface area contributed by atoms with Gasteiger partial charge in [0.1, 0.15) is 6.33 Å². The van der Waals surface area contributed by atoms with Crippen LogP contribution in [0.15, 0.2) is 146 Å². The highest BCUT2D eigenvalue weighted by atomic mass is 32.1. The Morgan fingerprint density at radius 2 is 1.10 bits per heavy atom. The molecular weight excluding hydrogens is 665 g/mol. The maximum absolute atomic E-state index is 5.05. The number of hydrogen-bond donors (Lipinski definition) is 0. The molecule has 0 N–H and O–H groups in total. The van der Waals surface area contributed by atoms with Crippen molar-refractivity contribution >= 4 is 85.0 Å². The summed E-state index contributed by atoms with van der Waals surface area (Å²) < 4.78 is 7.33.